The van der Waals surface area contributed by atoms with Crippen molar-refractivity contribution in [2.45, 2.75) is 20.8 Å². The van der Waals surface area contributed by atoms with Crippen molar-refractivity contribution in [3.05, 3.63) is 76.6 Å². The number of benzene rings is 2. The highest BCUT2D eigenvalue weighted by Gasteiger charge is 2.28. The number of carbonyl (C=O) groups excluding carboxylic acids is 1. The van der Waals surface area contributed by atoms with E-state index in [4.69, 9.17) is 14.5 Å². The standard InChI is InChI=1S/C23H22N2O3S/c1-15-5-8-18(9-6-15)19-14-29-23(24-19)25(20-12-16(2)4-7-17(20)3)22(26)21-13-27-10-11-28-21/h4-9,12-14H,10-11H2,1-3H3. The van der Waals surface area contributed by atoms with Gasteiger partial charge in [-0.2, -0.15) is 0 Å². The number of hydrogen-bond donors (Lipinski definition) is 0. The molecule has 1 amide bonds. The molecule has 0 atom stereocenters. The Labute approximate surface area is 174 Å². The fourth-order valence-electron chi connectivity index (χ4n) is 3.07. The average Bonchev–Trinajstić information content (AvgIpc) is 3.21. The van der Waals surface area contributed by atoms with Gasteiger partial charge in [-0.15, -0.1) is 11.3 Å². The second kappa shape index (κ2) is 8.09. The molecule has 2 aromatic carbocycles. The van der Waals surface area contributed by atoms with E-state index in [-0.39, 0.29) is 11.7 Å². The molecule has 148 valence electrons. The quantitative estimate of drug-likeness (QED) is 0.591. The fraction of sp³-hybridized carbons (Fsp3) is 0.217. The van der Waals surface area contributed by atoms with Gasteiger partial charge in [-0.25, -0.2) is 9.88 Å². The Morgan fingerprint density at radius 1 is 1.03 bits per heavy atom. The average molecular weight is 407 g/mol. The van der Waals surface area contributed by atoms with Crippen molar-refractivity contribution in [1.82, 2.24) is 4.98 Å². The van der Waals surface area contributed by atoms with Crippen molar-refractivity contribution in [3.8, 4) is 11.3 Å². The Morgan fingerprint density at radius 3 is 2.52 bits per heavy atom. The van der Waals surface area contributed by atoms with Gasteiger partial charge in [0, 0.05) is 10.9 Å². The maximum atomic E-state index is 13.4. The highest BCUT2D eigenvalue weighted by molar-refractivity contribution is 7.14. The van der Waals surface area contributed by atoms with Gasteiger partial charge in [0.2, 0.25) is 5.76 Å². The first kappa shape index (κ1) is 19.2. The monoisotopic (exact) mass is 406 g/mol. The minimum atomic E-state index is -0.289. The van der Waals surface area contributed by atoms with Crippen LogP contribution in [0.3, 0.4) is 0 Å². The summed E-state index contributed by atoms with van der Waals surface area (Å²) in [6.07, 6.45) is 1.39. The summed E-state index contributed by atoms with van der Waals surface area (Å²) in [4.78, 5) is 19.8. The van der Waals surface area contributed by atoms with Gasteiger partial charge in [0.1, 0.15) is 19.5 Å². The third kappa shape index (κ3) is 4.03. The summed E-state index contributed by atoms with van der Waals surface area (Å²) in [6.45, 7) is 6.83. The molecule has 0 bridgehead atoms. The number of rotatable bonds is 4. The molecule has 0 N–H and O–H groups in total. The Balaban J connectivity index is 1.78. The number of carbonyl (C=O) groups is 1. The molecular weight excluding hydrogens is 384 g/mol. The Bertz CT molecular complexity index is 1070. The zero-order valence-electron chi connectivity index (χ0n) is 16.6. The Morgan fingerprint density at radius 2 is 1.79 bits per heavy atom. The zero-order chi connectivity index (χ0) is 20.4. The molecule has 1 aromatic heterocycles. The van der Waals surface area contributed by atoms with E-state index in [9.17, 15) is 4.79 Å². The van der Waals surface area contributed by atoms with Crippen LogP contribution in [0.25, 0.3) is 11.3 Å². The van der Waals surface area contributed by atoms with Crippen LogP contribution in [0.4, 0.5) is 10.8 Å². The van der Waals surface area contributed by atoms with Crippen LogP contribution < -0.4 is 4.90 Å². The van der Waals surface area contributed by atoms with Gasteiger partial charge in [-0.05, 0) is 38.0 Å². The molecule has 3 aromatic rings. The summed E-state index contributed by atoms with van der Waals surface area (Å²) in [6, 6.07) is 14.2. The topological polar surface area (TPSA) is 51.7 Å². The van der Waals surface area contributed by atoms with Gasteiger partial charge in [0.25, 0.3) is 0 Å². The van der Waals surface area contributed by atoms with Crippen molar-refractivity contribution in [1.29, 1.82) is 0 Å². The number of aromatic nitrogens is 1. The lowest BCUT2D eigenvalue weighted by Crippen LogP contribution is -2.30. The number of aryl methyl sites for hydroxylation is 3. The van der Waals surface area contributed by atoms with Crippen LogP contribution in [0.1, 0.15) is 16.7 Å². The Hall–Kier alpha value is -3.12. The molecule has 0 radical (unpaired) electrons. The second-order valence-electron chi connectivity index (χ2n) is 7.01. The van der Waals surface area contributed by atoms with Crippen molar-refractivity contribution in [3.63, 3.8) is 0 Å². The normalized spacial score (nSPS) is 13.3. The van der Waals surface area contributed by atoms with E-state index >= 15 is 0 Å². The van der Waals surface area contributed by atoms with Crippen LogP contribution in [-0.4, -0.2) is 24.1 Å². The van der Waals surface area contributed by atoms with E-state index in [0.717, 1.165) is 28.1 Å². The molecule has 1 aliphatic heterocycles. The molecule has 0 spiro atoms. The van der Waals surface area contributed by atoms with Crippen molar-refractivity contribution in [2.24, 2.45) is 0 Å². The predicted molar refractivity (Wildman–Crippen MR) is 115 cm³/mol. The summed E-state index contributed by atoms with van der Waals surface area (Å²) in [7, 11) is 0. The lowest BCUT2D eigenvalue weighted by atomic mass is 10.1. The number of ether oxygens (including phenoxy) is 2. The van der Waals surface area contributed by atoms with Crippen LogP contribution in [0.2, 0.25) is 0 Å². The molecule has 4 rings (SSSR count). The highest BCUT2D eigenvalue weighted by Crippen LogP contribution is 2.35. The first-order valence-electron chi connectivity index (χ1n) is 9.42. The molecule has 0 saturated carbocycles. The molecular formula is C23H22N2O3S. The predicted octanol–water partition coefficient (Wildman–Crippen LogP) is 5.29. The van der Waals surface area contributed by atoms with Gasteiger partial charge in [-0.1, -0.05) is 42.0 Å². The van der Waals surface area contributed by atoms with Gasteiger partial charge in [0.15, 0.2) is 5.13 Å². The fourth-order valence-corrected chi connectivity index (χ4v) is 3.92. The first-order valence-corrected chi connectivity index (χ1v) is 10.3. The van der Waals surface area contributed by atoms with E-state index in [0.29, 0.717) is 18.3 Å². The number of hydrogen-bond acceptors (Lipinski definition) is 5. The number of thiazole rings is 1. The van der Waals surface area contributed by atoms with E-state index in [1.54, 1.807) is 4.90 Å². The number of nitrogens with zero attached hydrogens (tertiary/aromatic N) is 2. The lowest BCUT2D eigenvalue weighted by molar-refractivity contribution is -0.119. The summed E-state index contributed by atoms with van der Waals surface area (Å²) < 4.78 is 10.9. The molecule has 6 heteroatoms. The minimum absolute atomic E-state index is 0.184. The van der Waals surface area contributed by atoms with Gasteiger partial charge in [0.05, 0.1) is 11.4 Å². The van der Waals surface area contributed by atoms with Crippen LogP contribution >= 0.6 is 11.3 Å². The minimum Gasteiger partial charge on any atom is -0.494 e. The van der Waals surface area contributed by atoms with Gasteiger partial charge in [-0.3, -0.25) is 4.79 Å². The summed E-state index contributed by atoms with van der Waals surface area (Å²) >= 11 is 1.43. The lowest BCUT2D eigenvalue weighted by Gasteiger charge is -2.24. The summed E-state index contributed by atoms with van der Waals surface area (Å²) in [5.41, 5.74) is 5.88. The largest absolute Gasteiger partial charge is 0.494 e. The Kier molecular flexibility index (Phi) is 5.36. The van der Waals surface area contributed by atoms with Crippen LogP contribution in [-0.2, 0) is 14.3 Å². The van der Waals surface area contributed by atoms with E-state index in [1.165, 1.54) is 23.2 Å². The highest BCUT2D eigenvalue weighted by atomic mass is 32.1. The number of amides is 1. The third-order valence-corrected chi connectivity index (χ3v) is 5.53. The molecule has 0 aliphatic carbocycles. The van der Waals surface area contributed by atoms with Crippen LogP contribution in [0.5, 0.6) is 0 Å². The molecule has 0 fully saturated rings. The smallest absolute Gasteiger partial charge is 0.303 e. The first-order chi connectivity index (χ1) is 14.0. The van der Waals surface area contributed by atoms with Gasteiger partial charge < -0.3 is 9.47 Å². The SMILES string of the molecule is Cc1ccc(-c2csc(N(C(=O)C3=COCCO3)c3cc(C)ccc3C)n2)cc1. The second-order valence-corrected chi connectivity index (χ2v) is 7.85. The van der Waals surface area contributed by atoms with E-state index in [1.807, 2.05) is 49.6 Å². The molecule has 29 heavy (non-hydrogen) atoms. The maximum Gasteiger partial charge on any atom is 0.303 e. The molecule has 2 heterocycles. The van der Waals surface area contributed by atoms with Crippen molar-refractivity contribution in [2.75, 3.05) is 18.1 Å². The van der Waals surface area contributed by atoms with Gasteiger partial charge >= 0.3 is 5.91 Å². The zero-order valence-corrected chi connectivity index (χ0v) is 17.5. The van der Waals surface area contributed by atoms with Crippen molar-refractivity contribution >= 4 is 28.1 Å². The van der Waals surface area contributed by atoms with Crippen LogP contribution in [0, 0.1) is 20.8 Å². The van der Waals surface area contributed by atoms with E-state index < -0.39 is 0 Å². The molecule has 0 saturated heterocycles. The van der Waals surface area contributed by atoms with Crippen LogP contribution in [0.15, 0.2) is 59.9 Å². The number of anilines is 2. The molecule has 1 aliphatic rings. The van der Waals surface area contributed by atoms with Crippen molar-refractivity contribution < 1.29 is 14.3 Å². The summed E-state index contributed by atoms with van der Waals surface area (Å²) in [5.74, 6) is -0.104. The maximum absolute atomic E-state index is 13.4. The molecule has 0 unspecified atom stereocenters. The summed E-state index contributed by atoms with van der Waals surface area (Å²) in [5, 5.41) is 2.56. The molecule has 5 nitrogen and oxygen atoms in total. The third-order valence-electron chi connectivity index (χ3n) is 4.70. The van der Waals surface area contributed by atoms with E-state index in [2.05, 4.69) is 19.1 Å².